The van der Waals surface area contributed by atoms with E-state index < -0.39 is 15.9 Å². The summed E-state index contributed by atoms with van der Waals surface area (Å²) in [6, 6.07) is 10.1. The molecule has 1 saturated heterocycles. The molecule has 6 nitrogen and oxygen atoms in total. The first-order valence-corrected chi connectivity index (χ1v) is 11.3. The van der Waals surface area contributed by atoms with Crippen LogP contribution in [-0.2, 0) is 14.8 Å². The smallest absolute Gasteiger partial charge is 0.243 e. The highest BCUT2D eigenvalue weighted by atomic mass is 35.5. The van der Waals surface area contributed by atoms with Gasteiger partial charge in [0.05, 0.1) is 22.9 Å². The minimum Gasteiger partial charge on any atom is -0.495 e. The number of ether oxygens (including phenoxy) is 1. The fourth-order valence-electron chi connectivity index (χ4n) is 3.45. The minimum atomic E-state index is -3.75. The fourth-order valence-corrected chi connectivity index (χ4v) is 5.33. The molecule has 0 saturated carbocycles. The number of nitrogens with one attached hydrogen (secondary N) is 1. The summed E-state index contributed by atoms with van der Waals surface area (Å²) >= 11 is 6.10. The first-order chi connectivity index (χ1) is 13.7. The molecule has 1 atom stereocenters. The summed E-state index contributed by atoms with van der Waals surface area (Å²) < 4.78 is 32.6. The zero-order chi connectivity index (χ0) is 21.2. The van der Waals surface area contributed by atoms with Crippen LogP contribution in [0.25, 0.3) is 0 Å². The van der Waals surface area contributed by atoms with Crippen LogP contribution < -0.4 is 10.1 Å². The number of benzene rings is 2. The molecule has 1 aliphatic rings. The molecule has 1 amide bonds. The van der Waals surface area contributed by atoms with Crippen molar-refractivity contribution in [3.63, 3.8) is 0 Å². The van der Waals surface area contributed by atoms with Crippen LogP contribution in [0.3, 0.4) is 0 Å². The van der Waals surface area contributed by atoms with Crippen molar-refractivity contribution in [1.29, 1.82) is 0 Å². The number of sulfonamides is 1. The molecule has 2 aromatic carbocycles. The third-order valence-corrected chi connectivity index (χ3v) is 7.53. The first kappa shape index (κ1) is 21.6. The molecule has 2 aromatic rings. The van der Waals surface area contributed by atoms with Gasteiger partial charge in [0, 0.05) is 18.8 Å². The van der Waals surface area contributed by atoms with Crippen LogP contribution in [0, 0.1) is 19.8 Å². The summed E-state index contributed by atoms with van der Waals surface area (Å²) in [5.74, 6) is -0.159. The quantitative estimate of drug-likeness (QED) is 0.768. The Morgan fingerprint density at radius 2 is 2.00 bits per heavy atom. The number of rotatable bonds is 5. The van der Waals surface area contributed by atoms with Gasteiger partial charge in [0.2, 0.25) is 15.9 Å². The topological polar surface area (TPSA) is 75.7 Å². The zero-order valence-corrected chi connectivity index (χ0v) is 18.3. The van der Waals surface area contributed by atoms with Crippen molar-refractivity contribution >= 4 is 33.2 Å². The second kappa shape index (κ2) is 8.73. The third-order valence-electron chi connectivity index (χ3n) is 5.38. The van der Waals surface area contributed by atoms with E-state index in [0.29, 0.717) is 25.1 Å². The van der Waals surface area contributed by atoms with E-state index in [4.69, 9.17) is 16.3 Å². The summed E-state index contributed by atoms with van der Waals surface area (Å²) in [6.45, 7) is 4.46. The molecule has 8 heteroatoms. The Morgan fingerprint density at radius 1 is 1.24 bits per heavy atom. The molecule has 3 rings (SSSR count). The molecule has 0 aromatic heterocycles. The van der Waals surface area contributed by atoms with E-state index in [9.17, 15) is 13.2 Å². The molecule has 0 radical (unpaired) electrons. The van der Waals surface area contributed by atoms with Crippen molar-refractivity contribution < 1.29 is 17.9 Å². The van der Waals surface area contributed by atoms with Gasteiger partial charge in [0.25, 0.3) is 0 Å². The van der Waals surface area contributed by atoms with Crippen molar-refractivity contribution in [3.8, 4) is 5.75 Å². The van der Waals surface area contributed by atoms with Crippen LogP contribution in [0.5, 0.6) is 5.75 Å². The van der Waals surface area contributed by atoms with Crippen molar-refractivity contribution in [2.24, 2.45) is 5.92 Å². The molecule has 1 N–H and O–H groups in total. The van der Waals surface area contributed by atoms with Gasteiger partial charge in [-0.2, -0.15) is 4.31 Å². The summed E-state index contributed by atoms with van der Waals surface area (Å²) in [5.41, 5.74) is 2.86. The van der Waals surface area contributed by atoms with E-state index in [1.165, 1.54) is 29.6 Å². The number of anilines is 1. The van der Waals surface area contributed by atoms with E-state index in [-0.39, 0.29) is 22.4 Å². The number of halogens is 1. The van der Waals surface area contributed by atoms with Gasteiger partial charge >= 0.3 is 0 Å². The van der Waals surface area contributed by atoms with E-state index in [1.807, 2.05) is 32.0 Å². The highest BCUT2D eigenvalue weighted by molar-refractivity contribution is 7.89. The van der Waals surface area contributed by atoms with E-state index >= 15 is 0 Å². The second-order valence-corrected chi connectivity index (χ2v) is 9.58. The van der Waals surface area contributed by atoms with E-state index in [2.05, 4.69) is 5.32 Å². The number of methoxy groups -OCH3 is 1. The molecule has 1 fully saturated rings. The number of piperidine rings is 1. The Balaban J connectivity index is 1.76. The third kappa shape index (κ3) is 4.57. The van der Waals surface area contributed by atoms with Crippen molar-refractivity contribution in [2.75, 3.05) is 25.5 Å². The van der Waals surface area contributed by atoms with Crippen LogP contribution in [0.2, 0.25) is 5.02 Å². The largest absolute Gasteiger partial charge is 0.495 e. The van der Waals surface area contributed by atoms with Crippen LogP contribution in [0.1, 0.15) is 24.0 Å². The zero-order valence-electron chi connectivity index (χ0n) is 16.7. The summed E-state index contributed by atoms with van der Waals surface area (Å²) in [5, 5.41) is 3.19. The van der Waals surface area contributed by atoms with Crippen molar-refractivity contribution in [1.82, 2.24) is 4.31 Å². The monoisotopic (exact) mass is 436 g/mol. The normalized spacial score (nSPS) is 17.7. The lowest BCUT2D eigenvalue weighted by Gasteiger charge is -2.31. The Morgan fingerprint density at radius 3 is 2.69 bits per heavy atom. The van der Waals surface area contributed by atoms with Gasteiger partial charge in [0.15, 0.2) is 0 Å². The molecule has 0 spiro atoms. The molecule has 29 heavy (non-hydrogen) atoms. The fraction of sp³-hybridized carbons (Fsp3) is 0.381. The number of hydrogen-bond acceptors (Lipinski definition) is 4. The number of nitrogens with zero attached hydrogens (tertiary/aromatic N) is 1. The lowest BCUT2D eigenvalue weighted by molar-refractivity contribution is -0.120. The molecule has 0 bridgehead atoms. The van der Waals surface area contributed by atoms with Crippen LogP contribution in [0.15, 0.2) is 41.3 Å². The number of hydrogen-bond donors (Lipinski definition) is 1. The molecule has 156 valence electrons. The molecular weight excluding hydrogens is 412 g/mol. The number of amides is 1. The van der Waals surface area contributed by atoms with Gasteiger partial charge in [-0.05, 0) is 62.1 Å². The van der Waals surface area contributed by atoms with Crippen molar-refractivity contribution in [2.45, 2.75) is 31.6 Å². The minimum absolute atomic E-state index is 0.0962. The second-order valence-electron chi connectivity index (χ2n) is 7.24. The Bertz CT molecular complexity index is 1020. The Kier molecular flexibility index (Phi) is 6.51. The Labute approximate surface area is 176 Å². The molecule has 1 heterocycles. The summed E-state index contributed by atoms with van der Waals surface area (Å²) in [4.78, 5) is 12.9. The van der Waals surface area contributed by atoms with Gasteiger partial charge in [-0.25, -0.2) is 8.42 Å². The maximum absolute atomic E-state index is 13.1. The summed E-state index contributed by atoms with van der Waals surface area (Å²) in [7, 11) is -2.28. The highest BCUT2D eigenvalue weighted by Gasteiger charge is 2.33. The lowest BCUT2D eigenvalue weighted by atomic mass is 9.98. The van der Waals surface area contributed by atoms with Crippen LogP contribution in [0.4, 0.5) is 5.69 Å². The number of aryl methyl sites for hydroxylation is 1. The SMILES string of the molecule is COc1ccc(S(=O)(=O)N2CCC[C@H](C(=O)Nc3cccc(C)c3C)C2)cc1Cl. The lowest BCUT2D eigenvalue weighted by Crippen LogP contribution is -2.43. The van der Waals surface area contributed by atoms with Gasteiger partial charge < -0.3 is 10.1 Å². The first-order valence-electron chi connectivity index (χ1n) is 9.45. The number of carbonyl (C=O) groups is 1. The predicted molar refractivity (Wildman–Crippen MR) is 114 cm³/mol. The molecule has 0 unspecified atom stereocenters. The van der Waals surface area contributed by atoms with Gasteiger partial charge in [-0.1, -0.05) is 23.7 Å². The molecule has 0 aliphatic carbocycles. The Hall–Kier alpha value is -2.09. The highest BCUT2D eigenvalue weighted by Crippen LogP contribution is 2.30. The average molecular weight is 437 g/mol. The molecule has 1 aliphatic heterocycles. The van der Waals surface area contributed by atoms with Crippen molar-refractivity contribution in [3.05, 3.63) is 52.5 Å². The number of carbonyl (C=O) groups excluding carboxylic acids is 1. The maximum atomic E-state index is 13.1. The van der Waals surface area contributed by atoms with Gasteiger partial charge in [-0.3, -0.25) is 4.79 Å². The van der Waals surface area contributed by atoms with E-state index in [0.717, 1.165) is 16.8 Å². The average Bonchev–Trinajstić information content (AvgIpc) is 2.71. The van der Waals surface area contributed by atoms with Gasteiger partial charge in [-0.15, -0.1) is 0 Å². The van der Waals surface area contributed by atoms with Crippen LogP contribution >= 0.6 is 11.6 Å². The molecular formula is C21H25ClN2O4S. The predicted octanol–water partition coefficient (Wildman–Crippen LogP) is 4.00. The van der Waals surface area contributed by atoms with Gasteiger partial charge in [0.1, 0.15) is 5.75 Å². The summed E-state index contributed by atoms with van der Waals surface area (Å²) in [6.07, 6.45) is 1.26. The van der Waals surface area contributed by atoms with Crippen LogP contribution in [-0.4, -0.2) is 38.8 Å². The van der Waals surface area contributed by atoms with E-state index in [1.54, 1.807) is 0 Å². The maximum Gasteiger partial charge on any atom is 0.243 e. The standard InChI is InChI=1S/C21H25ClN2O4S/c1-14-6-4-8-19(15(14)2)23-21(25)16-7-5-11-24(13-16)29(26,27)17-9-10-20(28-3)18(22)12-17/h4,6,8-10,12,16H,5,7,11,13H2,1-3H3,(H,23,25)/t16-/m0/s1.